The molecule has 0 saturated carbocycles. The highest BCUT2D eigenvalue weighted by atomic mass is 79.9. The SMILES string of the molecule is O=c1c2ccccc2nc2n1-c1ccc(Br)cc1C2=Nc1ccc(Cl)cc1. The quantitative estimate of drug-likeness (QED) is 0.359. The van der Waals surface area contributed by atoms with E-state index in [1.807, 2.05) is 48.5 Å². The number of aromatic nitrogens is 2. The highest BCUT2D eigenvalue weighted by Gasteiger charge is 2.28. The van der Waals surface area contributed by atoms with Gasteiger partial charge in [-0.3, -0.25) is 9.36 Å². The van der Waals surface area contributed by atoms with E-state index in [2.05, 4.69) is 15.9 Å². The highest BCUT2D eigenvalue weighted by Crippen LogP contribution is 2.31. The maximum atomic E-state index is 13.1. The van der Waals surface area contributed by atoms with Gasteiger partial charge in [-0.2, -0.15) is 0 Å². The number of aliphatic imine (C=N–C) groups is 1. The normalized spacial score (nSPS) is 13.8. The van der Waals surface area contributed by atoms with Crippen LogP contribution in [-0.4, -0.2) is 15.3 Å². The Balaban J connectivity index is 1.87. The molecule has 0 atom stereocenters. The van der Waals surface area contributed by atoms with E-state index in [-0.39, 0.29) is 5.56 Å². The van der Waals surface area contributed by atoms with Crippen molar-refractivity contribution in [3.05, 3.63) is 98.0 Å². The van der Waals surface area contributed by atoms with E-state index >= 15 is 0 Å². The summed E-state index contributed by atoms with van der Waals surface area (Å²) in [6, 6.07) is 20.4. The summed E-state index contributed by atoms with van der Waals surface area (Å²) in [5.74, 6) is 0.543. The van der Waals surface area contributed by atoms with E-state index in [0.29, 0.717) is 27.5 Å². The van der Waals surface area contributed by atoms with Crippen LogP contribution in [0.15, 0.2) is 81.0 Å². The van der Waals surface area contributed by atoms with Crippen molar-refractivity contribution in [2.24, 2.45) is 4.99 Å². The third-order valence-electron chi connectivity index (χ3n) is 4.51. The molecule has 0 bridgehead atoms. The average molecular weight is 437 g/mol. The summed E-state index contributed by atoms with van der Waals surface area (Å²) in [6.07, 6.45) is 0. The molecule has 4 nitrogen and oxygen atoms in total. The van der Waals surface area contributed by atoms with E-state index in [1.165, 1.54) is 0 Å². The van der Waals surface area contributed by atoms with Crippen LogP contribution in [0.25, 0.3) is 16.6 Å². The van der Waals surface area contributed by atoms with E-state index in [0.717, 1.165) is 21.4 Å². The zero-order valence-electron chi connectivity index (χ0n) is 13.9. The Hall–Kier alpha value is -2.76. The van der Waals surface area contributed by atoms with Gasteiger partial charge in [-0.25, -0.2) is 9.98 Å². The van der Waals surface area contributed by atoms with Crippen molar-refractivity contribution in [3.8, 4) is 5.69 Å². The maximum absolute atomic E-state index is 13.1. The van der Waals surface area contributed by atoms with E-state index in [1.54, 1.807) is 22.8 Å². The molecule has 2 heterocycles. The molecule has 5 rings (SSSR count). The molecule has 4 aromatic rings. The van der Waals surface area contributed by atoms with Crippen LogP contribution in [0.3, 0.4) is 0 Å². The molecule has 1 aliphatic heterocycles. The van der Waals surface area contributed by atoms with Crippen LogP contribution < -0.4 is 5.56 Å². The van der Waals surface area contributed by atoms with Gasteiger partial charge in [0.2, 0.25) is 0 Å². The average Bonchev–Trinajstić information content (AvgIpc) is 2.97. The molecule has 0 aliphatic carbocycles. The maximum Gasteiger partial charge on any atom is 0.266 e. The van der Waals surface area contributed by atoms with Crippen LogP contribution in [-0.2, 0) is 0 Å². The smallest absolute Gasteiger partial charge is 0.266 e. The molecule has 27 heavy (non-hydrogen) atoms. The van der Waals surface area contributed by atoms with Gasteiger partial charge in [-0.05, 0) is 54.6 Å². The molecule has 0 saturated heterocycles. The molecule has 0 radical (unpaired) electrons. The van der Waals surface area contributed by atoms with Crippen molar-refractivity contribution < 1.29 is 0 Å². The van der Waals surface area contributed by atoms with E-state index < -0.39 is 0 Å². The summed E-state index contributed by atoms with van der Waals surface area (Å²) in [5, 5.41) is 1.23. The molecule has 1 aromatic heterocycles. The van der Waals surface area contributed by atoms with Gasteiger partial charge >= 0.3 is 0 Å². The van der Waals surface area contributed by atoms with E-state index in [9.17, 15) is 4.79 Å². The summed E-state index contributed by atoms with van der Waals surface area (Å²) in [4.78, 5) is 22.7. The van der Waals surface area contributed by atoms with Gasteiger partial charge in [-0.1, -0.05) is 39.7 Å². The number of nitrogens with zero attached hydrogens (tertiary/aromatic N) is 3. The fraction of sp³-hybridized carbons (Fsp3) is 0. The van der Waals surface area contributed by atoms with Crippen LogP contribution >= 0.6 is 27.5 Å². The Kier molecular flexibility index (Phi) is 3.74. The minimum absolute atomic E-state index is 0.0968. The first-order valence-electron chi connectivity index (χ1n) is 8.28. The Morgan fingerprint density at radius 2 is 1.78 bits per heavy atom. The van der Waals surface area contributed by atoms with Gasteiger partial charge in [0.15, 0.2) is 5.82 Å². The molecule has 1 aliphatic rings. The van der Waals surface area contributed by atoms with Crippen molar-refractivity contribution >= 4 is 49.8 Å². The third-order valence-corrected chi connectivity index (χ3v) is 5.25. The molecule has 6 heteroatoms. The van der Waals surface area contributed by atoms with Gasteiger partial charge in [0.1, 0.15) is 5.71 Å². The largest absolute Gasteiger partial charge is 0.268 e. The van der Waals surface area contributed by atoms with Gasteiger partial charge in [0.05, 0.1) is 22.3 Å². The predicted molar refractivity (Wildman–Crippen MR) is 112 cm³/mol. The van der Waals surface area contributed by atoms with Crippen LogP contribution in [0.1, 0.15) is 11.4 Å². The second kappa shape index (κ2) is 6.15. The summed E-state index contributed by atoms with van der Waals surface area (Å²) in [5.41, 5.74) is 3.61. The van der Waals surface area contributed by atoms with Gasteiger partial charge in [0.25, 0.3) is 5.56 Å². The molecule has 0 spiro atoms. The molecular weight excluding hydrogens is 426 g/mol. The van der Waals surface area contributed by atoms with Crippen LogP contribution in [0.4, 0.5) is 5.69 Å². The first kappa shape index (κ1) is 16.4. The lowest BCUT2D eigenvalue weighted by Crippen LogP contribution is -2.21. The van der Waals surface area contributed by atoms with Crippen molar-refractivity contribution in [2.45, 2.75) is 0 Å². The van der Waals surface area contributed by atoms with Gasteiger partial charge < -0.3 is 0 Å². The number of hydrogen-bond donors (Lipinski definition) is 0. The predicted octanol–water partition coefficient (Wildman–Crippen LogP) is 5.28. The Bertz CT molecular complexity index is 1310. The Labute approximate surface area is 167 Å². The second-order valence-corrected chi connectivity index (χ2v) is 7.54. The minimum atomic E-state index is -0.0968. The summed E-state index contributed by atoms with van der Waals surface area (Å²) < 4.78 is 2.55. The van der Waals surface area contributed by atoms with Gasteiger partial charge in [-0.15, -0.1) is 0 Å². The number of rotatable bonds is 1. The number of para-hydroxylation sites is 1. The van der Waals surface area contributed by atoms with Crippen molar-refractivity contribution in [3.63, 3.8) is 0 Å². The number of hydrogen-bond acceptors (Lipinski definition) is 3. The first-order chi connectivity index (χ1) is 13.1. The zero-order chi connectivity index (χ0) is 18.5. The standard InChI is InChI=1S/C21H11BrClN3O/c22-12-5-10-18-16(11-12)19(24-14-8-6-13(23)7-9-14)20-25-17-4-2-1-3-15(17)21(27)26(18)20/h1-11H. The summed E-state index contributed by atoms with van der Waals surface area (Å²) in [6.45, 7) is 0. The van der Waals surface area contributed by atoms with Crippen LogP contribution in [0.2, 0.25) is 5.02 Å². The fourth-order valence-electron chi connectivity index (χ4n) is 3.28. The second-order valence-electron chi connectivity index (χ2n) is 6.19. The lowest BCUT2D eigenvalue weighted by atomic mass is 10.1. The Morgan fingerprint density at radius 3 is 2.59 bits per heavy atom. The third kappa shape index (κ3) is 2.62. The summed E-state index contributed by atoms with van der Waals surface area (Å²) in [7, 11) is 0. The lowest BCUT2D eigenvalue weighted by Gasteiger charge is -2.06. The molecule has 0 fully saturated rings. The highest BCUT2D eigenvalue weighted by molar-refractivity contribution is 9.10. The van der Waals surface area contributed by atoms with Crippen molar-refractivity contribution in [1.82, 2.24) is 9.55 Å². The number of halogens is 2. The van der Waals surface area contributed by atoms with Crippen LogP contribution in [0, 0.1) is 0 Å². The molecule has 3 aromatic carbocycles. The first-order valence-corrected chi connectivity index (χ1v) is 9.46. The number of benzene rings is 3. The summed E-state index contributed by atoms with van der Waals surface area (Å²) >= 11 is 9.50. The van der Waals surface area contributed by atoms with Crippen molar-refractivity contribution in [2.75, 3.05) is 0 Å². The molecule has 0 unspecified atom stereocenters. The molecule has 0 N–H and O–H groups in total. The van der Waals surface area contributed by atoms with Crippen LogP contribution in [0.5, 0.6) is 0 Å². The Morgan fingerprint density at radius 1 is 1.00 bits per heavy atom. The fourth-order valence-corrected chi connectivity index (χ4v) is 3.77. The lowest BCUT2D eigenvalue weighted by molar-refractivity contribution is 0.966. The van der Waals surface area contributed by atoms with Gasteiger partial charge in [0, 0.05) is 15.1 Å². The topological polar surface area (TPSA) is 47.2 Å². The molecule has 0 amide bonds. The number of fused-ring (bicyclic) bond motifs is 4. The minimum Gasteiger partial charge on any atom is -0.268 e. The molecule has 130 valence electrons. The van der Waals surface area contributed by atoms with Crippen molar-refractivity contribution in [1.29, 1.82) is 0 Å². The van der Waals surface area contributed by atoms with E-state index in [4.69, 9.17) is 21.6 Å². The monoisotopic (exact) mass is 435 g/mol. The molecular formula is C21H11BrClN3O. The zero-order valence-corrected chi connectivity index (χ0v) is 16.2.